The molecule has 0 saturated carbocycles. The summed E-state index contributed by atoms with van der Waals surface area (Å²) in [5.74, 6) is -0.483. The third kappa shape index (κ3) is 3.61. The first-order valence-corrected chi connectivity index (χ1v) is 9.01. The molecule has 3 aromatic rings. The Balaban J connectivity index is 2.13. The zero-order valence-electron chi connectivity index (χ0n) is 13.9. The quantitative estimate of drug-likeness (QED) is 0.293. The summed E-state index contributed by atoms with van der Waals surface area (Å²) in [7, 11) is -4.55. The summed E-state index contributed by atoms with van der Waals surface area (Å²) in [5.41, 5.74) is 0.668. The number of azo groups is 1. The van der Waals surface area contributed by atoms with Gasteiger partial charge in [-0.25, -0.2) is 0 Å². The van der Waals surface area contributed by atoms with Crippen molar-refractivity contribution in [2.24, 2.45) is 10.2 Å². The van der Waals surface area contributed by atoms with Crippen molar-refractivity contribution in [2.75, 3.05) is 0 Å². The first-order valence-electron chi connectivity index (χ1n) is 7.57. The summed E-state index contributed by atoms with van der Waals surface area (Å²) in [5, 5.41) is 29.4. The Morgan fingerprint density at radius 3 is 2.30 bits per heavy atom. The van der Waals surface area contributed by atoms with Gasteiger partial charge in [0.2, 0.25) is 0 Å². The molecule has 27 heavy (non-hydrogen) atoms. The molecule has 0 bridgehead atoms. The van der Waals surface area contributed by atoms with E-state index in [0.29, 0.717) is 11.3 Å². The molecule has 0 amide bonds. The van der Waals surface area contributed by atoms with Gasteiger partial charge in [0.1, 0.15) is 16.3 Å². The van der Waals surface area contributed by atoms with Crippen LogP contribution in [-0.2, 0) is 10.1 Å². The minimum Gasteiger partial charge on any atom is -0.506 e. The molecule has 0 fully saturated rings. The Hall–Kier alpha value is -3.37. The molecule has 2 N–H and O–H groups in total. The number of fused-ring (bicyclic) bond motifs is 1. The number of benzene rings is 3. The van der Waals surface area contributed by atoms with E-state index in [0.717, 1.165) is 6.07 Å². The summed E-state index contributed by atoms with van der Waals surface area (Å²) >= 11 is 0. The third-order valence-electron chi connectivity index (χ3n) is 3.88. The van der Waals surface area contributed by atoms with Gasteiger partial charge < -0.3 is 5.11 Å². The second-order valence-electron chi connectivity index (χ2n) is 5.69. The topological polar surface area (TPSA) is 142 Å². The highest BCUT2D eigenvalue weighted by Gasteiger charge is 2.19. The molecule has 0 radical (unpaired) electrons. The van der Waals surface area contributed by atoms with Crippen LogP contribution in [0, 0.1) is 17.0 Å². The van der Waals surface area contributed by atoms with Crippen molar-refractivity contribution >= 4 is 38.0 Å². The van der Waals surface area contributed by atoms with Gasteiger partial charge >= 0.3 is 0 Å². The van der Waals surface area contributed by atoms with Crippen LogP contribution in [0.25, 0.3) is 10.8 Å². The van der Waals surface area contributed by atoms with Crippen LogP contribution < -0.4 is 0 Å². The van der Waals surface area contributed by atoms with E-state index in [-0.39, 0.29) is 22.1 Å². The maximum Gasteiger partial charge on any atom is 0.295 e. The van der Waals surface area contributed by atoms with E-state index in [1.54, 1.807) is 19.1 Å². The lowest BCUT2D eigenvalue weighted by molar-refractivity contribution is -0.385. The van der Waals surface area contributed by atoms with Crippen molar-refractivity contribution in [3.63, 3.8) is 0 Å². The van der Waals surface area contributed by atoms with Gasteiger partial charge in [-0.1, -0.05) is 24.3 Å². The maximum absolute atomic E-state index is 11.5. The first kappa shape index (κ1) is 18.4. The number of nitro benzene ring substituents is 1. The van der Waals surface area contributed by atoms with Crippen molar-refractivity contribution in [1.82, 2.24) is 0 Å². The van der Waals surface area contributed by atoms with Crippen LogP contribution in [0.5, 0.6) is 5.75 Å². The fraction of sp³-hybridized carbons (Fsp3) is 0.0588. The number of phenols is 1. The lowest BCUT2D eigenvalue weighted by Gasteiger charge is -2.08. The zero-order chi connectivity index (χ0) is 19.8. The summed E-state index contributed by atoms with van der Waals surface area (Å²) in [4.78, 5) is 9.91. The average Bonchev–Trinajstić information content (AvgIpc) is 2.59. The number of hydrogen-bond acceptors (Lipinski definition) is 7. The van der Waals surface area contributed by atoms with Crippen molar-refractivity contribution in [3.8, 4) is 5.75 Å². The Bertz CT molecular complexity index is 1200. The van der Waals surface area contributed by atoms with E-state index in [1.165, 1.54) is 30.3 Å². The molecule has 3 aromatic carbocycles. The number of phenolic OH excluding ortho intramolecular Hbond substituents is 1. The number of aromatic hydroxyl groups is 1. The van der Waals surface area contributed by atoms with Crippen LogP contribution in [-0.4, -0.2) is 23.0 Å². The third-order valence-corrected chi connectivity index (χ3v) is 4.77. The number of aryl methyl sites for hydroxylation is 1. The molecule has 0 aliphatic carbocycles. The van der Waals surface area contributed by atoms with Gasteiger partial charge in [0, 0.05) is 28.5 Å². The summed E-state index contributed by atoms with van der Waals surface area (Å²) in [6.07, 6.45) is 0. The SMILES string of the molecule is Cc1cc(N=Nc2c(O)cc(S(=O)(=O)O)c3ccccc23)ccc1[N+](=O)[O-]. The molecule has 0 aliphatic heterocycles. The largest absolute Gasteiger partial charge is 0.506 e. The predicted octanol–water partition coefficient (Wildman–Crippen LogP) is 4.42. The number of rotatable bonds is 4. The predicted molar refractivity (Wildman–Crippen MR) is 97.4 cm³/mol. The molecule has 0 aliphatic rings. The van der Waals surface area contributed by atoms with E-state index in [2.05, 4.69) is 10.2 Å². The summed E-state index contributed by atoms with van der Waals surface area (Å²) < 4.78 is 32.5. The van der Waals surface area contributed by atoms with Gasteiger partial charge in [0.05, 0.1) is 10.6 Å². The highest BCUT2D eigenvalue weighted by atomic mass is 32.2. The molecule has 0 heterocycles. The van der Waals surface area contributed by atoms with Crippen molar-refractivity contribution in [2.45, 2.75) is 11.8 Å². The van der Waals surface area contributed by atoms with Crippen LogP contribution in [0.1, 0.15) is 5.56 Å². The van der Waals surface area contributed by atoms with Crippen molar-refractivity contribution < 1.29 is 23.0 Å². The Labute approximate surface area is 153 Å². The lowest BCUT2D eigenvalue weighted by atomic mass is 10.1. The standard InChI is InChI=1S/C17H13N3O6S/c1-10-8-11(6-7-14(10)20(22)23)18-19-17-13-5-3-2-4-12(13)16(9-15(17)21)27(24,25)26/h2-9,21H,1H3,(H,24,25,26). The molecule has 0 spiro atoms. The number of nitrogens with zero attached hydrogens (tertiary/aromatic N) is 3. The fourth-order valence-corrected chi connectivity index (χ4v) is 3.36. The van der Waals surface area contributed by atoms with Crippen molar-refractivity contribution in [1.29, 1.82) is 0 Å². The van der Waals surface area contributed by atoms with Gasteiger partial charge in [-0.2, -0.15) is 13.5 Å². The molecule has 0 unspecified atom stereocenters. The summed E-state index contributed by atoms with van der Waals surface area (Å²) in [6, 6.07) is 11.2. The van der Waals surface area contributed by atoms with E-state index >= 15 is 0 Å². The molecule has 0 saturated heterocycles. The lowest BCUT2D eigenvalue weighted by Crippen LogP contribution is -1.99. The normalized spacial score (nSPS) is 11.9. The van der Waals surface area contributed by atoms with Gasteiger partial charge in [-0.3, -0.25) is 14.7 Å². The second-order valence-corrected chi connectivity index (χ2v) is 7.08. The molecule has 0 atom stereocenters. The Kier molecular flexibility index (Phi) is 4.60. The van der Waals surface area contributed by atoms with Crippen LogP contribution in [0.3, 0.4) is 0 Å². The molecule has 9 nitrogen and oxygen atoms in total. The second kappa shape index (κ2) is 6.74. The molecule has 3 rings (SSSR count). The average molecular weight is 387 g/mol. The van der Waals surface area contributed by atoms with Crippen LogP contribution in [0.15, 0.2) is 63.7 Å². The molecular formula is C17H13N3O6S. The monoisotopic (exact) mass is 387 g/mol. The van der Waals surface area contributed by atoms with Crippen LogP contribution >= 0.6 is 0 Å². The highest BCUT2D eigenvalue weighted by molar-refractivity contribution is 7.86. The van der Waals surface area contributed by atoms with Gasteiger partial charge in [0.25, 0.3) is 15.8 Å². The van der Waals surface area contributed by atoms with E-state index < -0.39 is 25.7 Å². The zero-order valence-corrected chi connectivity index (χ0v) is 14.7. The van der Waals surface area contributed by atoms with Gasteiger partial charge in [-0.15, -0.1) is 5.11 Å². The minimum absolute atomic E-state index is 0.00834. The highest BCUT2D eigenvalue weighted by Crippen LogP contribution is 2.40. The first-order chi connectivity index (χ1) is 12.7. The molecule has 10 heteroatoms. The summed E-state index contributed by atoms with van der Waals surface area (Å²) in [6.45, 7) is 1.56. The van der Waals surface area contributed by atoms with E-state index in [1.807, 2.05) is 0 Å². The molecule has 0 aromatic heterocycles. The minimum atomic E-state index is -4.55. The van der Waals surface area contributed by atoms with Crippen LogP contribution in [0.4, 0.5) is 17.1 Å². The Morgan fingerprint density at radius 2 is 1.70 bits per heavy atom. The van der Waals surface area contributed by atoms with Crippen LogP contribution in [0.2, 0.25) is 0 Å². The molecule has 138 valence electrons. The molecular weight excluding hydrogens is 374 g/mol. The van der Waals surface area contributed by atoms with Gasteiger partial charge in [0.15, 0.2) is 0 Å². The van der Waals surface area contributed by atoms with E-state index in [9.17, 15) is 28.2 Å². The van der Waals surface area contributed by atoms with Crippen molar-refractivity contribution in [3.05, 3.63) is 64.2 Å². The Morgan fingerprint density at radius 1 is 1.04 bits per heavy atom. The van der Waals surface area contributed by atoms with Gasteiger partial charge in [-0.05, 0) is 19.1 Å². The van der Waals surface area contributed by atoms with E-state index in [4.69, 9.17) is 0 Å². The number of nitro groups is 1. The fourth-order valence-electron chi connectivity index (χ4n) is 2.65. The smallest absolute Gasteiger partial charge is 0.295 e. The number of hydrogen-bond donors (Lipinski definition) is 2. The maximum atomic E-state index is 11.5.